The fourth-order valence-electron chi connectivity index (χ4n) is 1.02. The van der Waals surface area contributed by atoms with Crippen LogP contribution < -0.4 is 0 Å². The van der Waals surface area contributed by atoms with Gasteiger partial charge >= 0.3 is 5.97 Å². The first-order valence-corrected chi connectivity index (χ1v) is 4.35. The molecule has 0 aromatic heterocycles. The van der Waals surface area contributed by atoms with Gasteiger partial charge in [0.05, 0.1) is 0 Å². The van der Waals surface area contributed by atoms with Gasteiger partial charge in [0.15, 0.2) is 5.71 Å². The van der Waals surface area contributed by atoms with Crippen molar-refractivity contribution in [1.82, 2.24) is 0 Å². The molecule has 4 nitrogen and oxygen atoms in total. The van der Waals surface area contributed by atoms with Crippen molar-refractivity contribution in [2.24, 2.45) is 5.16 Å². The molecule has 1 N–H and O–H groups in total. The highest BCUT2D eigenvalue weighted by Gasteiger charge is 2.15. The maximum Gasteiger partial charge on any atom is 0.361 e. The number of carbonyl (C=O) groups is 1. The second-order valence-corrected chi connectivity index (χ2v) is 2.70. The Morgan fingerprint density at radius 1 is 1.47 bits per heavy atom. The van der Waals surface area contributed by atoms with Crippen molar-refractivity contribution >= 4 is 11.7 Å². The molecule has 1 aromatic rings. The minimum absolute atomic E-state index is 0.0880. The number of esters is 1. The van der Waals surface area contributed by atoms with E-state index in [-0.39, 0.29) is 12.3 Å². The Balaban J connectivity index is 2.82. The molecule has 0 amide bonds. The van der Waals surface area contributed by atoms with Gasteiger partial charge in [0.1, 0.15) is 6.61 Å². The van der Waals surface area contributed by atoms with Crippen molar-refractivity contribution in [2.45, 2.75) is 0 Å². The second-order valence-electron chi connectivity index (χ2n) is 2.70. The summed E-state index contributed by atoms with van der Waals surface area (Å²) in [6.45, 7) is 3.50. The Bertz CT molecular complexity index is 371. The molecule has 0 aliphatic heterocycles. The Kier molecular flexibility index (Phi) is 4.09. The van der Waals surface area contributed by atoms with Crippen LogP contribution in [0.2, 0.25) is 0 Å². The van der Waals surface area contributed by atoms with Gasteiger partial charge in [0.2, 0.25) is 0 Å². The number of carbonyl (C=O) groups excluding carboxylic acids is 1. The monoisotopic (exact) mass is 205 g/mol. The molecule has 0 radical (unpaired) electrons. The third-order valence-electron chi connectivity index (χ3n) is 1.67. The van der Waals surface area contributed by atoms with Gasteiger partial charge < -0.3 is 9.94 Å². The summed E-state index contributed by atoms with van der Waals surface area (Å²) in [6, 6.07) is 8.59. The summed E-state index contributed by atoms with van der Waals surface area (Å²) in [4.78, 5) is 11.4. The van der Waals surface area contributed by atoms with Crippen molar-refractivity contribution in [2.75, 3.05) is 6.61 Å². The van der Waals surface area contributed by atoms with Gasteiger partial charge in [-0.1, -0.05) is 48.1 Å². The van der Waals surface area contributed by atoms with Gasteiger partial charge in [-0.05, 0) is 0 Å². The van der Waals surface area contributed by atoms with Gasteiger partial charge in [0.25, 0.3) is 0 Å². The second kappa shape index (κ2) is 5.59. The van der Waals surface area contributed by atoms with E-state index in [0.717, 1.165) is 0 Å². The summed E-state index contributed by atoms with van der Waals surface area (Å²) in [5.74, 6) is -0.677. The lowest BCUT2D eigenvalue weighted by Gasteiger charge is -2.03. The Morgan fingerprint density at radius 3 is 2.67 bits per heavy atom. The molecule has 0 spiro atoms. The van der Waals surface area contributed by atoms with E-state index < -0.39 is 5.97 Å². The summed E-state index contributed by atoms with van der Waals surface area (Å²) in [6.07, 6.45) is 1.44. The third kappa shape index (κ3) is 2.95. The molecule has 0 fully saturated rings. The van der Waals surface area contributed by atoms with Crippen LogP contribution in [0, 0.1) is 0 Å². The topological polar surface area (TPSA) is 58.9 Å². The standard InChI is InChI=1S/C11H11NO3/c1-2-8-15-11(13)10(12-14)9-6-4-3-5-7-9/h2-7,14H,1,8H2/b12-10+. The van der Waals surface area contributed by atoms with Crippen LogP contribution in [-0.4, -0.2) is 23.5 Å². The van der Waals surface area contributed by atoms with Crippen molar-refractivity contribution < 1.29 is 14.7 Å². The molecule has 4 heteroatoms. The molecule has 0 aliphatic rings. The zero-order chi connectivity index (χ0) is 11.1. The lowest BCUT2D eigenvalue weighted by atomic mass is 10.1. The molecular weight excluding hydrogens is 194 g/mol. The quantitative estimate of drug-likeness (QED) is 0.267. The molecule has 1 rings (SSSR count). The van der Waals surface area contributed by atoms with Gasteiger partial charge in [-0.25, -0.2) is 4.79 Å². The zero-order valence-corrected chi connectivity index (χ0v) is 8.09. The van der Waals surface area contributed by atoms with Crippen LogP contribution in [-0.2, 0) is 9.53 Å². The van der Waals surface area contributed by atoms with Crippen LogP contribution in [0.5, 0.6) is 0 Å². The van der Waals surface area contributed by atoms with Gasteiger partial charge in [0, 0.05) is 5.56 Å². The number of nitrogens with zero attached hydrogens (tertiary/aromatic N) is 1. The van der Waals surface area contributed by atoms with Crippen molar-refractivity contribution in [3.63, 3.8) is 0 Å². The Hall–Kier alpha value is -2.10. The van der Waals surface area contributed by atoms with Gasteiger partial charge in [-0.3, -0.25) is 0 Å². The third-order valence-corrected chi connectivity index (χ3v) is 1.67. The average Bonchev–Trinajstić information content (AvgIpc) is 2.29. The molecule has 1 aromatic carbocycles. The molecule has 15 heavy (non-hydrogen) atoms. The van der Waals surface area contributed by atoms with Crippen molar-refractivity contribution in [1.29, 1.82) is 0 Å². The molecule has 78 valence electrons. The minimum Gasteiger partial charge on any atom is -0.457 e. The molecule has 0 saturated carbocycles. The number of hydrogen-bond donors (Lipinski definition) is 1. The summed E-state index contributed by atoms with van der Waals surface area (Å²) in [5, 5.41) is 11.6. The summed E-state index contributed by atoms with van der Waals surface area (Å²) in [7, 11) is 0. The summed E-state index contributed by atoms with van der Waals surface area (Å²) in [5.41, 5.74) is 0.395. The maximum atomic E-state index is 11.4. The van der Waals surface area contributed by atoms with Gasteiger partial charge in [-0.15, -0.1) is 0 Å². The predicted molar refractivity (Wildman–Crippen MR) is 55.9 cm³/mol. The molecule has 0 heterocycles. The van der Waals surface area contributed by atoms with E-state index in [9.17, 15) is 4.79 Å². The summed E-state index contributed by atoms with van der Waals surface area (Å²) >= 11 is 0. The number of rotatable bonds is 4. The summed E-state index contributed by atoms with van der Waals surface area (Å²) < 4.78 is 4.75. The smallest absolute Gasteiger partial charge is 0.361 e. The molecular formula is C11H11NO3. The normalized spacial score (nSPS) is 10.8. The fraction of sp³-hybridized carbons (Fsp3) is 0.0909. The van der Waals surface area contributed by atoms with Crippen molar-refractivity contribution in [3.8, 4) is 0 Å². The van der Waals surface area contributed by atoms with E-state index in [2.05, 4.69) is 11.7 Å². The van der Waals surface area contributed by atoms with Crippen LogP contribution in [0.3, 0.4) is 0 Å². The van der Waals surface area contributed by atoms with E-state index in [1.165, 1.54) is 6.08 Å². The van der Waals surface area contributed by atoms with Gasteiger partial charge in [-0.2, -0.15) is 0 Å². The first-order chi connectivity index (χ1) is 7.29. The first kappa shape index (κ1) is 11.0. The number of oxime groups is 1. The van der Waals surface area contributed by atoms with E-state index in [4.69, 9.17) is 9.94 Å². The molecule has 0 saturated heterocycles. The van der Waals surface area contributed by atoms with E-state index in [0.29, 0.717) is 5.56 Å². The van der Waals surface area contributed by atoms with E-state index in [1.807, 2.05) is 0 Å². The number of ether oxygens (including phenoxy) is 1. The largest absolute Gasteiger partial charge is 0.457 e. The Labute approximate surface area is 87.5 Å². The van der Waals surface area contributed by atoms with Crippen LogP contribution in [0.15, 0.2) is 48.1 Å². The lowest BCUT2D eigenvalue weighted by Crippen LogP contribution is -2.18. The maximum absolute atomic E-state index is 11.4. The van der Waals surface area contributed by atoms with Crippen LogP contribution >= 0.6 is 0 Å². The van der Waals surface area contributed by atoms with Crippen LogP contribution in [0.4, 0.5) is 0 Å². The predicted octanol–water partition coefficient (Wildman–Crippen LogP) is 1.59. The molecule has 0 atom stereocenters. The van der Waals surface area contributed by atoms with Crippen LogP contribution in [0.1, 0.15) is 5.56 Å². The molecule has 0 unspecified atom stereocenters. The molecule has 0 aliphatic carbocycles. The fourth-order valence-corrected chi connectivity index (χ4v) is 1.02. The zero-order valence-electron chi connectivity index (χ0n) is 8.09. The van der Waals surface area contributed by atoms with Crippen LogP contribution in [0.25, 0.3) is 0 Å². The highest BCUT2D eigenvalue weighted by molar-refractivity contribution is 6.43. The van der Waals surface area contributed by atoms with E-state index >= 15 is 0 Å². The number of benzene rings is 1. The number of hydrogen-bond acceptors (Lipinski definition) is 4. The first-order valence-electron chi connectivity index (χ1n) is 4.35. The minimum atomic E-state index is -0.677. The van der Waals surface area contributed by atoms with Crippen molar-refractivity contribution in [3.05, 3.63) is 48.6 Å². The molecule has 0 bridgehead atoms. The SMILES string of the molecule is C=CCOC(=O)/C(=N/O)c1ccccc1. The lowest BCUT2D eigenvalue weighted by molar-refractivity contribution is -0.134. The highest BCUT2D eigenvalue weighted by atomic mass is 16.5. The Morgan fingerprint density at radius 2 is 2.13 bits per heavy atom. The average molecular weight is 205 g/mol. The highest BCUT2D eigenvalue weighted by Crippen LogP contribution is 2.02. The van der Waals surface area contributed by atoms with E-state index in [1.54, 1.807) is 30.3 Å².